The van der Waals surface area contributed by atoms with Crippen molar-refractivity contribution in [1.29, 1.82) is 0 Å². The first-order valence-corrected chi connectivity index (χ1v) is 11.4. The van der Waals surface area contributed by atoms with Gasteiger partial charge in [0.25, 0.3) is 5.91 Å². The van der Waals surface area contributed by atoms with Crippen LogP contribution in [0.5, 0.6) is 0 Å². The Kier molecular flexibility index (Phi) is 9.35. The quantitative estimate of drug-likeness (QED) is 0.627. The summed E-state index contributed by atoms with van der Waals surface area (Å²) in [6.07, 6.45) is 5.12. The molecule has 0 saturated carbocycles. The Balaban J connectivity index is 0.00000136. The van der Waals surface area contributed by atoms with Crippen molar-refractivity contribution in [2.24, 2.45) is 0 Å². The molecular weight excluding hydrogens is 418 g/mol. The lowest BCUT2D eigenvalue weighted by atomic mass is 9.93. The molecule has 7 heteroatoms. The van der Waals surface area contributed by atoms with E-state index in [4.69, 9.17) is 23.2 Å². The molecule has 1 aromatic carbocycles. The van der Waals surface area contributed by atoms with Gasteiger partial charge < -0.3 is 5.32 Å². The SMILES string of the molecule is CC.O=C(NCC1(F)CCN(CC2=CSCC=C2)CC1)c1cc(Cl)cc(Cl)c1. The molecule has 0 unspecified atom stereocenters. The second-order valence-electron chi connectivity index (χ2n) is 6.70. The number of likely N-dealkylation sites (tertiary alicyclic amines) is 1. The van der Waals surface area contributed by atoms with Crippen LogP contribution in [0.1, 0.15) is 37.0 Å². The van der Waals surface area contributed by atoms with E-state index in [-0.39, 0.29) is 12.5 Å². The molecule has 2 aliphatic rings. The van der Waals surface area contributed by atoms with Crippen molar-refractivity contribution < 1.29 is 9.18 Å². The van der Waals surface area contributed by atoms with Crippen LogP contribution in [0.2, 0.25) is 10.0 Å². The molecule has 1 aromatic rings. The van der Waals surface area contributed by atoms with Gasteiger partial charge in [0.15, 0.2) is 0 Å². The number of carbonyl (C=O) groups excluding carboxylic acids is 1. The van der Waals surface area contributed by atoms with Crippen LogP contribution in [0.15, 0.2) is 41.3 Å². The molecule has 0 spiro atoms. The van der Waals surface area contributed by atoms with Gasteiger partial charge in [-0.1, -0.05) is 49.2 Å². The number of benzene rings is 1. The van der Waals surface area contributed by atoms with Gasteiger partial charge in [-0.25, -0.2) is 4.39 Å². The Bertz CT molecular complexity index is 711. The number of hydrogen-bond acceptors (Lipinski definition) is 3. The van der Waals surface area contributed by atoms with Gasteiger partial charge in [0.1, 0.15) is 5.67 Å². The zero-order chi connectivity index (χ0) is 20.6. The Morgan fingerprint density at radius 1 is 1.21 bits per heavy atom. The molecule has 0 bridgehead atoms. The lowest BCUT2D eigenvalue weighted by molar-refractivity contribution is 0.0579. The Hall–Kier alpha value is -1.01. The van der Waals surface area contributed by atoms with Crippen molar-refractivity contribution in [3.05, 3.63) is 56.9 Å². The molecule has 2 aliphatic heterocycles. The highest BCUT2D eigenvalue weighted by Crippen LogP contribution is 2.27. The van der Waals surface area contributed by atoms with Crippen LogP contribution in [0.25, 0.3) is 0 Å². The minimum atomic E-state index is -1.37. The molecule has 3 nitrogen and oxygen atoms in total. The lowest BCUT2D eigenvalue weighted by Gasteiger charge is -2.36. The van der Waals surface area contributed by atoms with E-state index < -0.39 is 5.67 Å². The zero-order valence-corrected chi connectivity index (χ0v) is 18.6. The van der Waals surface area contributed by atoms with Crippen molar-refractivity contribution in [1.82, 2.24) is 10.2 Å². The Morgan fingerprint density at radius 2 is 1.86 bits per heavy atom. The van der Waals surface area contributed by atoms with Crippen molar-refractivity contribution in [3.63, 3.8) is 0 Å². The third kappa shape index (κ3) is 7.11. The minimum absolute atomic E-state index is 0.00224. The highest BCUT2D eigenvalue weighted by molar-refractivity contribution is 8.02. The van der Waals surface area contributed by atoms with Gasteiger partial charge in [0.2, 0.25) is 0 Å². The van der Waals surface area contributed by atoms with Gasteiger partial charge >= 0.3 is 0 Å². The number of hydrogen-bond donors (Lipinski definition) is 1. The smallest absolute Gasteiger partial charge is 0.251 e. The number of amides is 1. The molecule has 1 saturated heterocycles. The fourth-order valence-corrected chi connectivity index (χ4v) is 4.31. The minimum Gasteiger partial charge on any atom is -0.349 e. The summed E-state index contributed by atoms with van der Waals surface area (Å²) in [6.45, 7) is 6.23. The van der Waals surface area contributed by atoms with E-state index in [0.29, 0.717) is 41.5 Å². The van der Waals surface area contributed by atoms with E-state index in [0.717, 1.165) is 12.3 Å². The molecule has 0 radical (unpaired) electrons. The summed E-state index contributed by atoms with van der Waals surface area (Å²) >= 11 is 13.6. The molecule has 0 aromatic heterocycles. The molecule has 0 aliphatic carbocycles. The molecule has 2 heterocycles. The van der Waals surface area contributed by atoms with E-state index in [1.807, 2.05) is 13.8 Å². The second-order valence-corrected chi connectivity index (χ2v) is 8.47. The largest absolute Gasteiger partial charge is 0.349 e. The summed E-state index contributed by atoms with van der Waals surface area (Å²) < 4.78 is 15.0. The maximum atomic E-state index is 15.0. The summed E-state index contributed by atoms with van der Waals surface area (Å²) in [6, 6.07) is 4.61. The van der Waals surface area contributed by atoms with Gasteiger partial charge in [-0.2, -0.15) is 0 Å². The molecule has 1 fully saturated rings. The second kappa shape index (κ2) is 11.2. The number of alkyl halides is 1. The number of thioether (sulfide) groups is 1. The number of rotatable bonds is 5. The highest BCUT2D eigenvalue weighted by Gasteiger charge is 2.35. The average molecular weight is 445 g/mol. The zero-order valence-electron chi connectivity index (χ0n) is 16.3. The first kappa shape index (κ1) is 23.3. The Labute approximate surface area is 181 Å². The fraction of sp³-hybridized carbons (Fsp3) is 0.476. The van der Waals surface area contributed by atoms with Crippen molar-refractivity contribution in [2.75, 3.05) is 31.9 Å². The lowest BCUT2D eigenvalue weighted by Crippen LogP contribution is -2.48. The summed E-state index contributed by atoms with van der Waals surface area (Å²) in [4.78, 5) is 14.5. The molecule has 1 amide bonds. The van der Waals surface area contributed by atoms with Crippen LogP contribution in [0.3, 0.4) is 0 Å². The first-order valence-electron chi connectivity index (χ1n) is 9.56. The maximum absolute atomic E-state index is 15.0. The van der Waals surface area contributed by atoms with Gasteiger partial charge in [0.05, 0.1) is 6.54 Å². The summed E-state index contributed by atoms with van der Waals surface area (Å²) in [5.41, 5.74) is 0.246. The van der Waals surface area contributed by atoms with Crippen LogP contribution in [-0.2, 0) is 0 Å². The van der Waals surface area contributed by atoms with Gasteiger partial charge in [-0.15, -0.1) is 11.8 Å². The van der Waals surface area contributed by atoms with Gasteiger partial charge in [-0.05, 0) is 42.0 Å². The van der Waals surface area contributed by atoms with E-state index in [1.165, 1.54) is 17.7 Å². The molecule has 3 rings (SSSR count). The number of nitrogens with zero attached hydrogens (tertiary/aromatic N) is 1. The maximum Gasteiger partial charge on any atom is 0.251 e. The first-order chi connectivity index (χ1) is 13.4. The number of nitrogens with one attached hydrogen (secondary N) is 1. The topological polar surface area (TPSA) is 32.3 Å². The fourth-order valence-electron chi connectivity index (χ4n) is 3.11. The van der Waals surface area contributed by atoms with E-state index in [2.05, 4.69) is 27.8 Å². The van der Waals surface area contributed by atoms with E-state index in [9.17, 15) is 4.79 Å². The molecule has 0 atom stereocenters. The van der Waals surface area contributed by atoms with Crippen molar-refractivity contribution in [2.45, 2.75) is 32.4 Å². The molecule has 1 N–H and O–H groups in total. The number of halogens is 3. The number of carbonyl (C=O) groups is 1. The van der Waals surface area contributed by atoms with Crippen LogP contribution in [0, 0.1) is 0 Å². The van der Waals surface area contributed by atoms with E-state index >= 15 is 4.39 Å². The summed E-state index contributed by atoms with van der Waals surface area (Å²) in [7, 11) is 0. The predicted octanol–water partition coefficient (Wildman–Crippen LogP) is 5.74. The molecular formula is C21H27Cl2FN2OS. The van der Waals surface area contributed by atoms with Crippen LogP contribution in [0.4, 0.5) is 4.39 Å². The van der Waals surface area contributed by atoms with Gasteiger partial charge in [-0.3, -0.25) is 9.69 Å². The molecule has 154 valence electrons. The third-order valence-corrected chi connectivity index (χ3v) is 5.90. The van der Waals surface area contributed by atoms with Crippen LogP contribution < -0.4 is 5.32 Å². The number of piperidine rings is 1. The molecule has 28 heavy (non-hydrogen) atoms. The van der Waals surface area contributed by atoms with Gasteiger partial charge in [0, 0.05) is 41.0 Å². The van der Waals surface area contributed by atoms with Crippen molar-refractivity contribution >= 4 is 40.9 Å². The van der Waals surface area contributed by atoms with E-state index in [1.54, 1.807) is 17.8 Å². The van der Waals surface area contributed by atoms with Crippen LogP contribution in [-0.4, -0.2) is 48.4 Å². The van der Waals surface area contributed by atoms with Crippen molar-refractivity contribution in [3.8, 4) is 0 Å². The Morgan fingerprint density at radius 3 is 2.43 bits per heavy atom. The standard InChI is InChI=1S/C19H21Cl2FN2OS.C2H6/c20-16-8-15(9-17(21)10-16)18(25)23-13-19(22)3-5-24(6-4-19)11-14-2-1-7-26-12-14;1-2/h1-2,8-10,12H,3-7,11,13H2,(H,23,25);1-2H3. The summed E-state index contributed by atoms with van der Waals surface area (Å²) in [5, 5.41) is 5.63. The average Bonchev–Trinajstić information content (AvgIpc) is 2.70. The predicted molar refractivity (Wildman–Crippen MR) is 119 cm³/mol. The normalized spacial score (nSPS) is 18.7. The third-order valence-electron chi connectivity index (χ3n) is 4.61. The van der Waals surface area contributed by atoms with Crippen LogP contribution >= 0.6 is 35.0 Å². The highest BCUT2D eigenvalue weighted by atomic mass is 35.5. The summed E-state index contributed by atoms with van der Waals surface area (Å²) in [5.74, 6) is 0.664. The monoisotopic (exact) mass is 444 g/mol.